The van der Waals surface area contributed by atoms with Crippen LogP contribution in [0.5, 0.6) is 5.75 Å². The van der Waals surface area contributed by atoms with Gasteiger partial charge >= 0.3 is 0 Å². The minimum atomic E-state index is 0.861. The van der Waals surface area contributed by atoms with Crippen molar-refractivity contribution >= 4 is 21.6 Å². The van der Waals surface area contributed by atoms with Crippen molar-refractivity contribution in [2.24, 2.45) is 0 Å². The highest BCUT2D eigenvalue weighted by Gasteiger charge is 2.08. The summed E-state index contributed by atoms with van der Waals surface area (Å²) in [5.41, 5.74) is 2.34. The second-order valence-corrected chi connectivity index (χ2v) is 5.52. The van der Waals surface area contributed by atoms with E-state index in [1.165, 1.54) is 15.3 Å². The zero-order valence-corrected chi connectivity index (χ0v) is 11.6. The van der Waals surface area contributed by atoms with E-state index in [0.717, 1.165) is 24.1 Å². The molecule has 2 aromatic carbocycles. The third kappa shape index (κ3) is 2.61. The maximum absolute atomic E-state index is 5.35. The molecule has 0 saturated carbocycles. The molecule has 0 N–H and O–H groups in total. The Labute approximate surface area is 116 Å². The van der Waals surface area contributed by atoms with Gasteiger partial charge < -0.3 is 4.74 Å². The first-order valence-electron chi connectivity index (χ1n) is 6.33. The second-order valence-electron chi connectivity index (χ2n) is 4.40. The van der Waals surface area contributed by atoms with Crippen molar-refractivity contribution in [3.63, 3.8) is 0 Å². The summed E-state index contributed by atoms with van der Waals surface area (Å²) in [6, 6.07) is 16.6. The lowest BCUT2D eigenvalue weighted by atomic mass is 10.1. The first-order valence-corrected chi connectivity index (χ1v) is 7.15. The van der Waals surface area contributed by atoms with Crippen LogP contribution < -0.4 is 4.74 Å². The Morgan fingerprint density at radius 2 is 1.84 bits per heavy atom. The number of aromatic nitrogens is 1. The Kier molecular flexibility index (Phi) is 3.47. The van der Waals surface area contributed by atoms with Gasteiger partial charge in [-0.2, -0.15) is 0 Å². The van der Waals surface area contributed by atoms with Crippen LogP contribution in [0, 0.1) is 0 Å². The molecular weight excluding hydrogens is 254 g/mol. The Morgan fingerprint density at radius 1 is 1.00 bits per heavy atom. The number of nitrogens with zero attached hydrogens (tertiary/aromatic N) is 1. The third-order valence-electron chi connectivity index (χ3n) is 3.12. The summed E-state index contributed by atoms with van der Waals surface area (Å²) in [7, 11) is 1.69. The molecule has 0 bridgehead atoms. The first-order chi connectivity index (χ1) is 9.36. The highest BCUT2D eigenvalue weighted by Crippen LogP contribution is 2.29. The molecule has 0 amide bonds. The molecule has 0 fully saturated rings. The molecule has 0 aliphatic rings. The number of benzene rings is 2. The van der Waals surface area contributed by atoms with Crippen LogP contribution in [-0.2, 0) is 12.8 Å². The molecule has 1 heterocycles. The van der Waals surface area contributed by atoms with Gasteiger partial charge in [0.2, 0.25) is 0 Å². The Morgan fingerprint density at radius 3 is 2.63 bits per heavy atom. The molecule has 3 aromatic rings. The summed E-state index contributed by atoms with van der Waals surface area (Å²) >= 11 is 1.75. The van der Waals surface area contributed by atoms with Gasteiger partial charge in [-0.15, -0.1) is 11.3 Å². The van der Waals surface area contributed by atoms with Crippen molar-refractivity contribution in [1.29, 1.82) is 0 Å². The number of hydrogen-bond acceptors (Lipinski definition) is 3. The average Bonchev–Trinajstić information content (AvgIpc) is 2.89. The normalized spacial score (nSPS) is 10.8. The third-order valence-corrected chi connectivity index (χ3v) is 4.20. The summed E-state index contributed by atoms with van der Waals surface area (Å²) in [6.45, 7) is 0. The second kappa shape index (κ2) is 5.41. The molecule has 1 aromatic heterocycles. The zero-order chi connectivity index (χ0) is 13.1. The number of rotatable bonds is 4. The fraction of sp³-hybridized carbons (Fsp3) is 0.188. The molecule has 0 atom stereocenters. The number of para-hydroxylation sites is 1. The number of methoxy groups -OCH3 is 1. The number of aryl methyl sites for hydroxylation is 2. The lowest BCUT2D eigenvalue weighted by Crippen LogP contribution is -1.90. The van der Waals surface area contributed by atoms with E-state index in [1.54, 1.807) is 18.4 Å². The number of fused-ring (bicyclic) bond motifs is 1. The summed E-state index contributed by atoms with van der Waals surface area (Å²) in [4.78, 5) is 4.69. The fourth-order valence-corrected chi connectivity index (χ4v) is 3.12. The van der Waals surface area contributed by atoms with Crippen molar-refractivity contribution < 1.29 is 4.74 Å². The van der Waals surface area contributed by atoms with Gasteiger partial charge in [-0.25, -0.2) is 4.98 Å². The van der Waals surface area contributed by atoms with E-state index >= 15 is 0 Å². The van der Waals surface area contributed by atoms with Crippen molar-refractivity contribution in [3.05, 3.63) is 59.1 Å². The Balaban J connectivity index is 1.82. The molecule has 19 heavy (non-hydrogen) atoms. The Hall–Kier alpha value is -1.87. The van der Waals surface area contributed by atoms with Crippen LogP contribution in [0.2, 0.25) is 0 Å². The van der Waals surface area contributed by atoms with Gasteiger partial charge in [-0.1, -0.05) is 36.4 Å². The van der Waals surface area contributed by atoms with Gasteiger partial charge in [-0.3, -0.25) is 0 Å². The maximum atomic E-state index is 5.35. The van der Waals surface area contributed by atoms with Crippen molar-refractivity contribution in [2.75, 3.05) is 7.11 Å². The minimum absolute atomic E-state index is 0.861. The van der Waals surface area contributed by atoms with Gasteiger partial charge in [0.05, 0.1) is 16.8 Å². The van der Waals surface area contributed by atoms with E-state index in [9.17, 15) is 0 Å². The molecule has 0 radical (unpaired) electrons. The maximum Gasteiger partial charge on any atom is 0.145 e. The summed E-state index contributed by atoms with van der Waals surface area (Å²) in [5.74, 6) is 0.861. The highest BCUT2D eigenvalue weighted by molar-refractivity contribution is 7.18. The molecule has 2 nitrogen and oxygen atoms in total. The smallest absolute Gasteiger partial charge is 0.145 e. The highest BCUT2D eigenvalue weighted by atomic mass is 32.1. The van der Waals surface area contributed by atoms with Crippen LogP contribution in [0.1, 0.15) is 10.6 Å². The number of ether oxygens (including phenoxy) is 1. The van der Waals surface area contributed by atoms with Crippen molar-refractivity contribution in [2.45, 2.75) is 12.8 Å². The molecule has 0 spiro atoms. The lowest BCUT2D eigenvalue weighted by Gasteiger charge is -1.98. The van der Waals surface area contributed by atoms with E-state index in [4.69, 9.17) is 9.72 Å². The van der Waals surface area contributed by atoms with Crippen LogP contribution in [-0.4, -0.2) is 12.1 Å². The largest absolute Gasteiger partial charge is 0.494 e. The molecule has 3 heteroatoms. The van der Waals surface area contributed by atoms with Crippen LogP contribution in [0.25, 0.3) is 10.2 Å². The molecule has 0 unspecified atom stereocenters. The van der Waals surface area contributed by atoms with E-state index in [2.05, 4.69) is 30.3 Å². The summed E-state index contributed by atoms with van der Waals surface area (Å²) in [6.07, 6.45) is 2.01. The predicted molar refractivity (Wildman–Crippen MR) is 80.0 cm³/mol. The van der Waals surface area contributed by atoms with E-state index in [1.807, 2.05) is 18.2 Å². The van der Waals surface area contributed by atoms with Gasteiger partial charge in [0.25, 0.3) is 0 Å². The molecule has 0 aliphatic carbocycles. The molecule has 0 aliphatic heterocycles. The monoisotopic (exact) mass is 269 g/mol. The quantitative estimate of drug-likeness (QED) is 0.711. The van der Waals surface area contributed by atoms with Gasteiger partial charge in [0.15, 0.2) is 0 Å². The van der Waals surface area contributed by atoms with Crippen molar-refractivity contribution in [1.82, 2.24) is 4.98 Å². The van der Waals surface area contributed by atoms with E-state index in [0.29, 0.717) is 0 Å². The average molecular weight is 269 g/mol. The van der Waals surface area contributed by atoms with E-state index < -0.39 is 0 Å². The Bertz CT molecular complexity index is 676. The first kappa shape index (κ1) is 12.2. The fourth-order valence-electron chi connectivity index (χ4n) is 2.14. The van der Waals surface area contributed by atoms with Gasteiger partial charge in [0, 0.05) is 6.42 Å². The zero-order valence-electron chi connectivity index (χ0n) is 10.8. The summed E-state index contributed by atoms with van der Waals surface area (Å²) in [5, 5.41) is 1.17. The molecule has 96 valence electrons. The molecule has 0 saturated heterocycles. The van der Waals surface area contributed by atoms with Crippen molar-refractivity contribution in [3.8, 4) is 5.75 Å². The standard InChI is InChI=1S/C16H15NOS/c1-18-13-8-5-9-14-16(13)17-15(19-14)11-10-12-6-3-2-4-7-12/h2-9H,10-11H2,1H3. The van der Waals surface area contributed by atoms with E-state index in [-0.39, 0.29) is 0 Å². The van der Waals surface area contributed by atoms with Crippen LogP contribution in [0.3, 0.4) is 0 Å². The molecular formula is C16H15NOS. The predicted octanol–water partition coefficient (Wildman–Crippen LogP) is 4.09. The number of hydrogen-bond donors (Lipinski definition) is 0. The summed E-state index contributed by atoms with van der Waals surface area (Å²) < 4.78 is 6.54. The number of thiazole rings is 1. The van der Waals surface area contributed by atoms with Crippen LogP contribution >= 0.6 is 11.3 Å². The minimum Gasteiger partial charge on any atom is -0.494 e. The topological polar surface area (TPSA) is 22.1 Å². The molecule has 3 rings (SSSR count). The lowest BCUT2D eigenvalue weighted by molar-refractivity contribution is 0.419. The van der Waals surface area contributed by atoms with Gasteiger partial charge in [-0.05, 0) is 24.1 Å². The SMILES string of the molecule is COc1cccc2sc(CCc3ccccc3)nc12. The van der Waals surface area contributed by atoms with Crippen LogP contribution in [0.4, 0.5) is 0 Å². The van der Waals surface area contributed by atoms with Gasteiger partial charge in [0.1, 0.15) is 11.3 Å². The van der Waals surface area contributed by atoms with Crippen LogP contribution in [0.15, 0.2) is 48.5 Å².